The molecule has 0 saturated carbocycles. The van der Waals surface area contributed by atoms with Crippen LogP contribution in [0.2, 0.25) is 0 Å². The lowest BCUT2D eigenvalue weighted by Crippen LogP contribution is -2.24. The molecule has 0 aromatic carbocycles. The van der Waals surface area contributed by atoms with Gasteiger partial charge in [-0.1, -0.05) is 6.07 Å². The third-order valence-corrected chi connectivity index (χ3v) is 2.65. The maximum Gasteiger partial charge on any atom is 0.254 e. The highest BCUT2D eigenvalue weighted by Crippen LogP contribution is 2.16. The van der Waals surface area contributed by atoms with Crippen LogP contribution in [0.1, 0.15) is 29.8 Å². The molecule has 0 fully saturated rings. The summed E-state index contributed by atoms with van der Waals surface area (Å²) in [7, 11) is 0. The van der Waals surface area contributed by atoms with E-state index in [0.29, 0.717) is 5.88 Å². The second-order valence-electron chi connectivity index (χ2n) is 4.67. The lowest BCUT2D eigenvalue weighted by molar-refractivity contribution is 0.0946. The first-order valence-corrected chi connectivity index (χ1v) is 6.56. The van der Waals surface area contributed by atoms with Crippen molar-refractivity contribution in [1.29, 1.82) is 0 Å². The summed E-state index contributed by atoms with van der Waals surface area (Å²) < 4.78 is 19.0. The summed E-state index contributed by atoms with van der Waals surface area (Å²) in [6, 6.07) is 4.88. The number of aromatic nitrogens is 2. The fraction of sp³-hybridized carbons (Fsp3) is 0.267. The zero-order valence-electron chi connectivity index (χ0n) is 11.8. The number of carbonyl (C=O) groups is 1. The number of pyridine rings is 2. The van der Waals surface area contributed by atoms with E-state index in [-0.39, 0.29) is 18.2 Å². The van der Waals surface area contributed by atoms with Crippen molar-refractivity contribution in [3.05, 3.63) is 53.7 Å². The minimum atomic E-state index is -0.653. The minimum Gasteiger partial charge on any atom is -0.475 e. The minimum absolute atomic E-state index is 0.0213. The average molecular weight is 289 g/mol. The van der Waals surface area contributed by atoms with Crippen molar-refractivity contribution in [2.24, 2.45) is 0 Å². The fourth-order valence-corrected chi connectivity index (χ4v) is 1.72. The molecule has 21 heavy (non-hydrogen) atoms. The molecule has 0 aliphatic rings. The predicted molar refractivity (Wildman–Crippen MR) is 75.4 cm³/mol. The first kappa shape index (κ1) is 14.9. The van der Waals surface area contributed by atoms with Gasteiger partial charge < -0.3 is 10.1 Å². The van der Waals surface area contributed by atoms with Gasteiger partial charge in [-0.2, -0.15) is 0 Å². The highest BCUT2D eigenvalue weighted by Gasteiger charge is 2.13. The van der Waals surface area contributed by atoms with Crippen LogP contribution in [0.4, 0.5) is 4.39 Å². The lowest BCUT2D eigenvalue weighted by Gasteiger charge is -2.13. The van der Waals surface area contributed by atoms with Crippen molar-refractivity contribution in [3.63, 3.8) is 0 Å². The molecule has 2 aromatic rings. The topological polar surface area (TPSA) is 64.1 Å². The number of hydrogen-bond acceptors (Lipinski definition) is 4. The third-order valence-electron chi connectivity index (χ3n) is 2.65. The Hall–Kier alpha value is -2.50. The van der Waals surface area contributed by atoms with E-state index in [1.165, 1.54) is 12.3 Å². The normalized spacial score (nSPS) is 10.5. The van der Waals surface area contributed by atoms with Crippen molar-refractivity contribution in [3.8, 4) is 5.88 Å². The predicted octanol–water partition coefficient (Wildman–Crippen LogP) is 2.33. The summed E-state index contributed by atoms with van der Waals surface area (Å²) in [5, 5.41) is 2.64. The van der Waals surface area contributed by atoms with Crippen molar-refractivity contribution in [2.45, 2.75) is 26.5 Å². The molecule has 0 spiro atoms. The van der Waals surface area contributed by atoms with Gasteiger partial charge in [-0.05, 0) is 26.0 Å². The fourth-order valence-electron chi connectivity index (χ4n) is 1.72. The molecule has 2 aromatic heterocycles. The molecule has 1 amide bonds. The Morgan fingerprint density at radius 3 is 2.90 bits per heavy atom. The summed E-state index contributed by atoms with van der Waals surface area (Å²) in [6.07, 6.45) is 3.97. The van der Waals surface area contributed by atoms with Crippen LogP contribution < -0.4 is 10.1 Å². The number of halogens is 1. The van der Waals surface area contributed by atoms with Gasteiger partial charge in [0.2, 0.25) is 5.88 Å². The summed E-state index contributed by atoms with van der Waals surface area (Å²) >= 11 is 0. The van der Waals surface area contributed by atoms with E-state index in [4.69, 9.17) is 4.74 Å². The van der Waals surface area contributed by atoms with E-state index in [1.54, 1.807) is 18.3 Å². The number of amides is 1. The van der Waals surface area contributed by atoms with E-state index in [9.17, 15) is 9.18 Å². The van der Waals surface area contributed by atoms with Gasteiger partial charge in [-0.15, -0.1) is 0 Å². The zero-order valence-corrected chi connectivity index (χ0v) is 11.8. The molecule has 6 heteroatoms. The first-order valence-electron chi connectivity index (χ1n) is 6.56. The second kappa shape index (κ2) is 6.78. The van der Waals surface area contributed by atoms with Crippen molar-refractivity contribution < 1.29 is 13.9 Å². The van der Waals surface area contributed by atoms with Crippen molar-refractivity contribution in [1.82, 2.24) is 15.3 Å². The van der Waals surface area contributed by atoms with Crippen molar-refractivity contribution >= 4 is 5.91 Å². The average Bonchev–Trinajstić information content (AvgIpc) is 2.46. The van der Waals surface area contributed by atoms with E-state index in [2.05, 4.69) is 15.3 Å². The van der Waals surface area contributed by atoms with E-state index in [0.717, 1.165) is 11.8 Å². The Labute approximate surface area is 122 Å². The maximum atomic E-state index is 13.5. The smallest absolute Gasteiger partial charge is 0.254 e. The third kappa shape index (κ3) is 3.98. The number of rotatable bonds is 5. The number of ether oxygens (including phenoxy) is 1. The number of nitrogens with one attached hydrogen (secondary N) is 1. The number of nitrogens with zero attached hydrogens (tertiary/aromatic N) is 2. The van der Waals surface area contributed by atoms with Crippen LogP contribution in [0.25, 0.3) is 0 Å². The van der Waals surface area contributed by atoms with Crippen LogP contribution in [0, 0.1) is 5.82 Å². The molecule has 0 atom stereocenters. The van der Waals surface area contributed by atoms with Crippen LogP contribution in [-0.4, -0.2) is 22.0 Å². The molecule has 0 saturated heterocycles. The second-order valence-corrected chi connectivity index (χ2v) is 4.67. The quantitative estimate of drug-likeness (QED) is 0.917. The molecule has 0 radical (unpaired) electrons. The SMILES string of the molecule is CC(C)Oc1ncccc1CNC(=O)c1ccncc1F. The molecule has 0 unspecified atom stereocenters. The van der Waals surface area contributed by atoms with Gasteiger partial charge >= 0.3 is 0 Å². The number of carbonyl (C=O) groups excluding carboxylic acids is 1. The molecule has 0 aliphatic heterocycles. The van der Waals surface area contributed by atoms with Gasteiger partial charge in [0, 0.05) is 24.5 Å². The van der Waals surface area contributed by atoms with Gasteiger partial charge in [0.15, 0.2) is 5.82 Å². The van der Waals surface area contributed by atoms with Crippen LogP contribution >= 0.6 is 0 Å². The summed E-state index contributed by atoms with van der Waals surface area (Å²) in [5.41, 5.74) is 0.689. The van der Waals surface area contributed by atoms with Crippen LogP contribution in [-0.2, 0) is 6.54 Å². The van der Waals surface area contributed by atoms with Gasteiger partial charge in [-0.25, -0.2) is 9.37 Å². The molecule has 5 nitrogen and oxygen atoms in total. The highest BCUT2D eigenvalue weighted by atomic mass is 19.1. The summed E-state index contributed by atoms with van der Waals surface area (Å²) in [5.74, 6) is -0.697. The molecule has 2 rings (SSSR count). The molecule has 0 bridgehead atoms. The maximum absolute atomic E-state index is 13.5. The zero-order chi connectivity index (χ0) is 15.2. The van der Waals surface area contributed by atoms with E-state index in [1.807, 2.05) is 13.8 Å². The molecule has 1 N–H and O–H groups in total. The molecule has 110 valence electrons. The number of hydrogen-bond donors (Lipinski definition) is 1. The lowest BCUT2D eigenvalue weighted by atomic mass is 10.2. The van der Waals surface area contributed by atoms with Crippen molar-refractivity contribution in [2.75, 3.05) is 0 Å². The first-order chi connectivity index (χ1) is 10.1. The van der Waals surface area contributed by atoms with Crippen LogP contribution in [0.3, 0.4) is 0 Å². The van der Waals surface area contributed by atoms with Crippen LogP contribution in [0.15, 0.2) is 36.8 Å². The monoisotopic (exact) mass is 289 g/mol. The Morgan fingerprint density at radius 1 is 1.38 bits per heavy atom. The van der Waals surface area contributed by atoms with E-state index >= 15 is 0 Å². The molecule has 2 heterocycles. The van der Waals surface area contributed by atoms with Gasteiger partial charge in [0.25, 0.3) is 5.91 Å². The molecular formula is C15H16FN3O2. The Balaban J connectivity index is 2.07. The highest BCUT2D eigenvalue weighted by molar-refractivity contribution is 5.94. The van der Waals surface area contributed by atoms with E-state index < -0.39 is 11.7 Å². The largest absolute Gasteiger partial charge is 0.475 e. The molecular weight excluding hydrogens is 273 g/mol. The van der Waals surface area contributed by atoms with Gasteiger partial charge in [0.05, 0.1) is 17.9 Å². The molecule has 0 aliphatic carbocycles. The van der Waals surface area contributed by atoms with Gasteiger partial charge in [-0.3, -0.25) is 9.78 Å². The Morgan fingerprint density at radius 2 is 2.19 bits per heavy atom. The Bertz CT molecular complexity index is 632. The Kier molecular flexibility index (Phi) is 4.81. The van der Waals surface area contributed by atoms with Gasteiger partial charge in [0.1, 0.15) is 0 Å². The van der Waals surface area contributed by atoms with Crippen LogP contribution in [0.5, 0.6) is 5.88 Å². The standard InChI is InChI=1S/C15H16FN3O2/c1-10(2)21-15-11(4-3-6-18-15)8-19-14(20)12-5-7-17-9-13(12)16/h3-7,9-10H,8H2,1-2H3,(H,19,20). The summed E-state index contributed by atoms with van der Waals surface area (Å²) in [4.78, 5) is 19.7. The summed E-state index contributed by atoms with van der Waals surface area (Å²) in [6.45, 7) is 3.99.